The smallest absolute Gasteiger partial charge is 0.248 e. The summed E-state index contributed by atoms with van der Waals surface area (Å²) in [7, 11) is 1.71. The summed E-state index contributed by atoms with van der Waals surface area (Å²) in [6.07, 6.45) is 0.988. The average molecular weight is 159 g/mol. The van der Waals surface area contributed by atoms with Crippen LogP contribution in [0.2, 0.25) is 0 Å². The molecule has 66 valence electrons. The van der Waals surface area contributed by atoms with Gasteiger partial charge in [-0.25, -0.2) is 0 Å². The van der Waals surface area contributed by atoms with Crippen LogP contribution in [-0.2, 0) is 4.79 Å². The largest absolute Gasteiger partial charge is 0.387 e. The van der Waals surface area contributed by atoms with Crippen molar-refractivity contribution in [1.82, 2.24) is 4.90 Å². The molecule has 0 rings (SSSR count). The van der Waals surface area contributed by atoms with E-state index in [-0.39, 0.29) is 12.5 Å². The van der Waals surface area contributed by atoms with Gasteiger partial charge in [0.1, 0.15) is 6.61 Å². The zero-order valence-corrected chi connectivity index (χ0v) is 7.50. The van der Waals surface area contributed by atoms with Crippen LogP contribution in [0.4, 0.5) is 0 Å². The fourth-order valence-electron chi connectivity index (χ4n) is 0.697. The maximum Gasteiger partial charge on any atom is 0.248 e. The third kappa shape index (κ3) is 4.79. The van der Waals surface area contributed by atoms with E-state index in [2.05, 4.69) is 13.8 Å². The quantitative estimate of drug-likeness (QED) is 0.648. The lowest BCUT2D eigenvalue weighted by molar-refractivity contribution is -0.132. The highest BCUT2D eigenvalue weighted by atomic mass is 16.3. The van der Waals surface area contributed by atoms with Crippen LogP contribution in [0.25, 0.3) is 0 Å². The summed E-state index contributed by atoms with van der Waals surface area (Å²) >= 11 is 0. The molecule has 11 heavy (non-hydrogen) atoms. The van der Waals surface area contributed by atoms with Gasteiger partial charge in [0.2, 0.25) is 5.91 Å². The van der Waals surface area contributed by atoms with E-state index in [1.54, 1.807) is 11.9 Å². The fourth-order valence-corrected chi connectivity index (χ4v) is 0.697. The van der Waals surface area contributed by atoms with Crippen molar-refractivity contribution in [2.45, 2.75) is 20.3 Å². The first-order valence-electron chi connectivity index (χ1n) is 3.92. The number of hydrogen-bond donors (Lipinski definition) is 1. The number of aliphatic hydroxyl groups excluding tert-OH is 1. The SMILES string of the molecule is CC(C)CCN(C)C(=O)CO. The van der Waals surface area contributed by atoms with Gasteiger partial charge in [0.25, 0.3) is 0 Å². The first-order valence-corrected chi connectivity index (χ1v) is 3.92. The number of nitrogens with zero attached hydrogens (tertiary/aromatic N) is 1. The maximum atomic E-state index is 10.8. The summed E-state index contributed by atoms with van der Waals surface area (Å²) < 4.78 is 0. The van der Waals surface area contributed by atoms with Gasteiger partial charge in [-0.15, -0.1) is 0 Å². The van der Waals surface area contributed by atoms with Crippen LogP contribution in [0.3, 0.4) is 0 Å². The van der Waals surface area contributed by atoms with E-state index in [0.29, 0.717) is 5.92 Å². The van der Waals surface area contributed by atoms with Crippen molar-refractivity contribution in [2.24, 2.45) is 5.92 Å². The molecule has 0 aromatic heterocycles. The van der Waals surface area contributed by atoms with Crippen molar-refractivity contribution < 1.29 is 9.90 Å². The molecule has 0 aliphatic heterocycles. The Morgan fingerprint density at radius 2 is 2.09 bits per heavy atom. The minimum atomic E-state index is -0.380. The summed E-state index contributed by atoms with van der Waals surface area (Å²) in [5.74, 6) is 0.398. The topological polar surface area (TPSA) is 40.5 Å². The van der Waals surface area contributed by atoms with Crippen molar-refractivity contribution in [3.05, 3.63) is 0 Å². The zero-order valence-electron chi connectivity index (χ0n) is 7.50. The molecule has 0 saturated heterocycles. The maximum absolute atomic E-state index is 10.8. The van der Waals surface area contributed by atoms with Gasteiger partial charge in [0, 0.05) is 13.6 Å². The van der Waals surface area contributed by atoms with Gasteiger partial charge >= 0.3 is 0 Å². The number of carbonyl (C=O) groups is 1. The van der Waals surface area contributed by atoms with Crippen LogP contribution in [0.5, 0.6) is 0 Å². The molecule has 0 atom stereocenters. The molecule has 1 amide bonds. The van der Waals surface area contributed by atoms with E-state index in [1.165, 1.54) is 0 Å². The van der Waals surface area contributed by atoms with E-state index < -0.39 is 0 Å². The first-order chi connectivity index (χ1) is 5.07. The van der Waals surface area contributed by atoms with Crippen LogP contribution in [0, 0.1) is 5.92 Å². The van der Waals surface area contributed by atoms with Gasteiger partial charge in [-0.3, -0.25) is 4.79 Å². The second-order valence-corrected chi connectivity index (χ2v) is 3.16. The van der Waals surface area contributed by atoms with Crippen LogP contribution in [0.1, 0.15) is 20.3 Å². The van der Waals surface area contributed by atoms with Gasteiger partial charge in [0.15, 0.2) is 0 Å². The molecule has 0 saturated carbocycles. The number of likely N-dealkylation sites (N-methyl/N-ethyl adjacent to an activating group) is 1. The van der Waals surface area contributed by atoms with Crippen molar-refractivity contribution in [1.29, 1.82) is 0 Å². The van der Waals surface area contributed by atoms with Crippen molar-refractivity contribution in [3.8, 4) is 0 Å². The summed E-state index contributed by atoms with van der Waals surface area (Å²) in [6.45, 7) is 4.57. The molecule has 0 aliphatic carbocycles. The Kier molecular flexibility index (Phi) is 4.86. The molecular weight excluding hydrogens is 142 g/mol. The van der Waals surface area contributed by atoms with Crippen LogP contribution >= 0.6 is 0 Å². The van der Waals surface area contributed by atoms with Gasteiger partial charge in [-0.2, -0.15) is 0 Å². The molecule has 3 heteroatoms. The van der Waals surface area contributed by atoms with E-state index in [9.17, 15) is 4.79 Å². The normalized spacial score (nSPS) is 10.3. The molecule has 0 aromatic carbocycles. The fraction of sp³-hybridized carbons (Fsp3) is 0.875. The first kappa shape index (κ1) is 10.4. The molecule has 0 heterocycles. The van der Waals surface area contributed by atoms with Crippen molar-refractivity contribution in [3.63, 3.8) is 0 Å². The molecule has 0 radical (unpaired) electrons. The van der Waals surface area contributed by atoms with Gasteiger partial charge < -0.3 is 10.0 Å². The highest BCUT2D eigenvalue weighted by Crippen LogP contribution is 2.00. The average Bonchev–Trinajstić information content (AvgIpc) is 1.98. The van der Waals surface area contributed by atoms with Gasteiger partial charge in [-0.05, 0) is 12.3 Å². The van der Waals surface area contributed by atoms with Gasteiger partial charge in [-0.1, -0.05) is 13.8 Å². The van der Waals surface area contributed by atoms with E-state index >= 15 is 0 Å². The Labute approximate surface area is 68.0 Å². The Morgan fingerprint density at radius 1 is 1.55 bits per heavy atom. The lowest BCUT2D eigenvalue weighted by Crippen LogP contribution is -2.30. The molecule has 3 nitrogen and oxygen atoms in total. The molecule has 0 aromatic rings. The molecule has 0 spiro atoms. The summed E-state index contributed by atoms with van der Waals surface area (Å²) in [5.41, 5.74) is 0. The Hall–Kier alpha value is -0.570. The Balaban J connectivity index is 3.52. The number of carbonyl (C=O) groups excluding carboxylic acids is 1. The number of rotatable bonds is 4. The molecule has 0 bridgehead atoms. The minimum Gasteiger partial charge on any atom is -0.387 e. The standard InChI is InChI=1S/C8H17NO2/c1-7(2)4-5-9(3)8(11)6-10/h7,10H,4-6H2,1-3H3. The summed E-state index contributed by atoms with van der Waals surface area (Å²) in [5, 5.41) is 8.48. The summed E-state index contributed by atoms with van der Waals surface area (Å²) in [4.78, 5) is 12.4. The Morgan fingerprint density at radius 3 is 2.45 bits per heavy atom. The third-order valence-electron chi connectivity index (χ3n) is 1.60. The van der Waals surface area contributed by atoms with Crippen molar-refractivity contribution in [2.75, 3.05) is 20.2 Å². The molecule has 0 unspecified atom stereocenters. The highest BCUT2D eigenvalue weighted by Gasteiger charge is 2.06. The van der Waals surface area contributed by atoms with Crippen LogP contribution in [0.15, 0.2) is 0 Å². The van der Waals surface area contributed by atoms with E-state index in [4.69, 9.17) is 5.11 Å². The zero-order chi connectivity index (χ0) is 8.85. The molecular formula is C8H17NO2. The minimum absolute atomic E-state index is 0.203. The lowest BCUT2D eigenvalue weighted by atomic mass is 10.1. The predicted octanol–water partition coefficient (Wildman–Crippen LogP) is 0.483. The number of hydrogen-bond acceptors (Lipinski definition) is 2. The predicted molar refractivity (Wildman–Crippen MR) is 44.2 cm³/mol. The molecule has 1 N–H and O–H groups in total. The molecule has 0 aliphatic rings. The molecule has 0 fully saturated rings. The van der Waals surface area contributed by atoms with E-state index in [1.807, 2.05) is 0 Å². The Bertz CT molecular complexity index is 123. The van der Waals surface area contributed by atoms with Crippen molar-refractivity contribution >= 4 is 5.91 Å². The highest BCUT2D eigenvalue weighted by molar-refractivity contribution is 5.76. The number of aliphatic hydroxyl groups is 1. The monoisotopic (exact) mass is 159 g/mol. The van der Waals surface area contributed by atoms with Crippen LogP contribution < -0.4 is 0 Å². The lowest BCUT2D eigenvalue weighted by Gasteiger charge is -2.16. The second kappa shape index (κ2) is 5.13. The van der Waals surface area contributed by atoms with Gasteiger partial charge in [0.05, 0.1) is 0 Å². The number of amides is 1. The third-order valence-corrected chi connectivity index (χ3v) is 1.60. The van der Waals surface area contributed by atoms with Crippen LogP contribution in [-0.4, -0.2) is 36.1 Å². The summed E-state index contributed by atoms with van der Waals surface area (Å²) in [6, 6.07) is 0. The second-order valence-electron chi connectivity index (χ2n) is 3.16. The van der Waals surface area contributed by atoms with E-state index in [0.717, 1.165) is 13.0 Å².